The van der Waals surface area contributed by atoms with Crippen LogP contribution in [-0.4, -0.2) is 35.1 Å². The lowest BCUT2D eigenvalue weighted by atomic mass is 9.65. The lowest BCUT2D eigenvalue weighted by Crippen LogP contribution is -2.46. The van der Waals surface area contributed by atoms with Gasteiger partial charge >= 0.3 is 0 Å². The predicted octanol–water partition coefficient (Wildman–Crippen LogP) is 16.0. The first-order chi connectivity index (χ1) is 25.5. The van der Waals surface area contributed by atoms with E-state index in [1.165, 1.54) is 154 Å². The minimum atomic E-state index is -0.323. The molecule has 2 atom stereocenters. The summed E-state index contributed by atoms with van der Waals surface area (Å²) < 4.78 is 0. The summed E-state index contributed by atoms with van der Waals surface area (Å²) in [6.45, 7) is 22.5. The van der Waals surface area contributed by atoms with Crippen LogP contribution in [0.4, 0.5) is 0 Å². The van der Waals surface area contributed by atoms with Gasteiger partial charge in [0.1, 0.15) is 11.6 Å². The second-order valence-corrected chi connectivity index (χ2v) is 19.0. The maximum atomic E-state index is 15.4. The Labute approximate surface area is 334 Å². The molecule has 0 N–H and O–H groups in total. The van der Waals surface area contributed by atoms with E-state index in [0.717, 1.165) is 64.5 Å². The van der Waals surface area contributed by atoms with E-state index in [4.69, 9.17) is 0 Å². The molecule has 1 fully saturated rings. The summed E-state index contributed by atoms with van der Waals surface area (Å²) >= 11 is 0. The van der Waals surface area contributed by atoms with E-state index in [0.29, 0.717) is 11.6 Å². The lowest BCUT2D eigenvalue weighted by Gasteiger charge is -2.40. The third-order valence-corrected chi connectivity index (χ3v) is 13.9. The molecule has 0 bridgehead atoms. The van der Waals surface area contributed by atoms with Crippen molar-refractivity contribution in [2.45, 2.75) is 273 Å². The van der Waals surface area contributed by atoms with Crippen LogP contribution >= 0.6 is 0 Å². The third-order valence-electron chi connectivity index (χ3n) is 13.9. The highest BCUT2D eigenvalue weighted by Gasteiger charge is 2.53. The van der Waals surface area contributed by atoms with Gasteiger partial charge in [-0.25, -0.2) is 0 Å². The van der Waals surface area contributed by atoms with Gasteiger partial charge in [0.15, 0.2) is 0 Å². The fourth-order valence-electron chi connectivity index (χ4n) is 9.84. The SMILES string of the molecule is CCCCCCCC(C)(CCCCCCC)N1C[C@@H](C(=O)C(C)(CCCCCC)CCCCCC)[C@H](C(=O)C(C)(CCCCCC)CCCCCC)C1. The Kier molecular flexibility index (Phi) is 28.0. The molecule has 0 radical (unpaired) electrons. The monoisotopic (exact) mass is 744 g/mol. The molecule has 314 valence electrons. The summed E-state index contributed by atoms with van der Waals surface area (Å²) in [6.07, 6.45) is 38.7. The molecule has 1 heterocycles. The van der Waals surface area contributed by atoms with Crippen LogP contribution in [-0.2, 0) is 9.59 Å². The average molecular weight is 744 g/mol. The van der Waals surface area contributed by atoms with Crippen LogP contribution in [0.15, 0.2) is 0 Å². The molecule has 0 aromatic heterocycles. The van der Waals surface area contributed by atoms with Crippen molar-refractivity contribution in [3.8, 4) is 0 Å². The van der Waals surface area contributed by atoms with E-state index in [1.54, 1.807) is 0 Å². The van der Waals surface area contributed by atoms with Crippen molar-refractivity contribution in [1.82, 2.24) is 4.90 Å². The highest BCUT2D eigenvalue weighted by Crippen LogP contribution is 2.46. The summed E-state index contributed by atoms with van der Waals surface area (Å²) in [6, 6.07) is 0. The number of ketones is 2. The Morgan fingerprint density at radius 3 is 0.868 bits per heavy atom. The Balaban J connectivity index is 3.61. The van der Waals surface area contributed by atoms with Gasteiger partial charge in [0, 0.05) is 41.3 Å². The Morgan fingerprint density at radius 1 is 0.377 bits per heavy atom. The standard InChI is InChI=1S/C50H97NO2/c1-10-16-22-28-34-40-50(9,41-35-29-23-17-11-2)51-42-44(46(52)48(7,36-30-24-18-12-3)37-31-25-19-13-4)45(43-51)47(53)49(8,38-32-26-20-14-5)39-33-27-21-15-6/h44-45H,10-43H2,1-9H3/t44-,45-/m1/s1. The maximum absolute atomic E-state index is 15.4. The predicted molar refractivity (Wildman–Crippen MR) is 235 cm³/mol. The first-order valence-corrected chi connectivity index (χ1v) is 24.4. The van der Waals surface area contributed by atoms with E-state index in [1.807, 2.05) is 0 Å². The maximum Gasteiger partial charge on any atom is 0.143 e. The lowest BCUT2D eigenvalue weighted by molar-refractivity contribution is -0.141. The summed E-state index contributed by atoms with van der Waals surface area (Å²) in [7, 11) is 0. The van der Waals surface area contributed by atoms with Gasteiger partial charge in [-0.3, -0.25) is 14.5 Å². The number of Topliss-reactive ketones (excluding diaryl/α,β-unsaturated/α-hetero) is 2. The topological polar surface area (TPSA) is 37.4 Å². The molecule has 0 aromatic carbocycles. The molecule has 3 nitrogen and oxygen atoms in total. The van der Waals surface area contributed by atoms with E-state index >= 15 is 9.59 Å². The van der Waals surface area contributed by atoms with Crippen molar-refractivity contribution in [3.05, 3.63) is 0 Å². The zero-order valence-corrected chi connectivity index (χ0v) is 38.0. The summed E-state index contributed by atoms with van der Waals surface area (Å²) in [5, 5.41) is 0. The van der Waals surface area contributed by atoms with Crippen LogP contribution in [0, 0.1) is 22.7 Å². The Bertz CT molecular complexity index is 817. The summed E-state index contributed by atoms with van der Waals surface area (Å²) in [4.78, 5) is 33.5. The first-order valence-electron chi connectivity index (χ1n) is 24.4. The van der Waals surface area contributed by atoms with Gasteiger partial charge in [-0.15, -0.1) is 0 Å². The minimum absolute atomic E-state index is 0.0588. The zero-order valence-electron chi connectivity index (χ0n) is 38.0. The molecule has 0 aliphatic carbocycles. The van der Waals surface area contributed by atoms with Crippen molar-refractivity contribution in [1.29, 1.82) is 0 Å². The number of unbranched alkanes of at least 4 members (excludes halogenated alkanes) is 20. The second kappa shape index (κ2) is 29.5. The van der Waals surface area contributed by atoms with E-state index < -0.39 is 0 Å². The number of carbonyl (C=O) groups is 2. The Hall–Kier alpha value is -0.700. The fraction of sp³-hybridized carbons (Fsp3) is 0.960. The number of carbonyl (C=O) groups excluding carboxylic acids is 2. The van der Waals surface area contributed by atoms with Crippen molar-refractivity contribution < 1.29 is 9.59 Å². The fourth-order valence-corrected chi connectivity index (χ4v) is 9.84. The number of hydrogen-bond donors (Lipinski definition) is 0. The number of nitrogens with zero attached hydrogens (tertiary/aromatic N) is 1. The minimum Gasteiger partial charge on any atom is -0.299 e. The van der Waals surface area contributed by atoms with Crippen LogP contribution in [0.5, 0.6) is 0 Å². The normalized spacial score (nSPS) is 17.2. The van der Waals surface area contributed by atoms with Crippen molar-refractivity contribution in [3.63, 3.8) is 0 Å². The molecule has 0 amide bonds. The van der Waals surface area contributed by atoms with E-state index in [2.05, 4.69) is 67.2 Å². The van der Waals surface area contributed by atoms with Crippen LogP contribution in [0.1, 0.15) is 268 Å². The van der Waals surface area contributed by atoms with Crippen LogP contribution < -0.4 is 0 Å². The van der Waals surface area contributed by atoms with Gasteiger partial charge in [-0.05, 0) is 45.4 Å². The molecule has 0 saturated carbocycles. The first kappa shape index (κ1) is 50.3. The van der Waals surface area contributed by atoms with Crippen molar-refractivity contribution in [2.24, 2.45) is 22.7 Å². The Morgan fingerprint density at radius 2 is 0.604 bits per heavy atom. The zero-order chi connectivity index (χ0) is 39.4. The molecule has 0 aromatic rings. The molecule has 53 heavy (non-hydrogen) atoms. The van der Waals surface area contributed by atoms with E-state index in [9.17, 15) is 0 Å². The van der Waals surface area contributed by atoms with Crippen LogP contribution in [0.25, 0.3) is 0 Å². The molecule has 1 saturated heterocycles. The van der Waals surface area contributed by atoms with E-state index in [-0.39, 0.29) is 28.2 Å². The molecule has 1 aliphatic heterocycles. The highest BCUT2D eigenvalue weighted by molar-refractivity contribution is 5.95. The second-order valence-electron chi connectivity index (χ2n) is 19.0. The number of hydrogen-bond acceptors (Lipinski definition) is 3. The number of likely N-dealkylation sites (tertiary alicyclic amines) is 1. The molecule has 3 heteroatoms. The smallest absolute Gasteiger partial charge is 0.143 e. The average Bonchev–Trinajstić information content (AvgIpc) is 3.61. The quantitative estimate of drug-likeness (QED) is 0.0595. The van der Waals surface area contributed by atoms with Crippen LogP contribution in [0.2, 0.25) is 0 Å². The molecule has 0 unspecified atom stereocenters. The molecular weight excluding hydrogens is 647 g/mol. The van der Waals surface area contributed by atoms with Crippen LogP contribution in [0.3, 0.4) is 0 Å². The summed E-state index contributed by atoms with van der Waals surface area (Å²) in [5.74, 6) is 0.600. The van der Waals surface area contributed by atoms with Gasteiger partial charge in [0.2, 0.25) is 0 Å². The highest BCUT2D eigenvalue weighted by atomic mass is 16.1. The van der Waals surface area contributed by atoms with Gasteiger partial charge in [0.05, 0.1) is 0 Å². The van der Waals surface area contributed by atoms with Crippen molar-refractivity contribution >= 4 is 11.6 Å². The molecule has 0 spiro atoms. The largest absolute Gasteiger partial charge is 0.299 e. The molecule has 1 aliphatic rings. The van der Waals surface area contributed by atoms with Crippen molar-refractivity contribution in [2.75, 3.05) is 13.1 Å². The molecule has 1 rings (SSSR count). The summed E-state index contributed by atoms with van der Waals surface area (Å²) in [5.41, 5.74) is -0.588. The third kappa shape index (κ3) is 18.9. The molecular formula is C50H97NO2. The number of rotatable bonds is 37. The van der Waals surface area contributed by atoms with Gasteiger partial charge in [-0.1, -0.05) is 222 Å². The van der Waals surface area contributed by atoms with Gasteiger partial charge in [0.25, 0.3) is 0 Å². The van der Waals surface area contributed by atoms with Gasteiger partial charge < -0.3 is 0 Å². The van der Waals surface area contributed by atoms with Gasteiger partial charge in [-0.2, -0.15) is 0 Å².